The van der Waals surface area contributed by atoms with Crippen molar-refractivity contribution in [1.29, 1.82) is 0 Å². The maximum absolute atomic E-state index is 12.8. The first kappa shape index (κ1) is 84.5. The summed E-state index contributed by atoms with van der Waals surface area (Å²) in [5, 5.41) is 0. The number of phosphoric ester groups is 1. The van der Waals surface area contributed by atoms with Crippen LogP contribution in [0.5, 0.6) is 0 Å². The maximum atomic E-state index is 12.8. The van der Waals surface area contributed by atoms with Crippen molar-refractivity contribution in [3.63, 3.8) is 0 Å². The lowest BCUT2D eigenvalue weighted by molar-refractivity contribution is -0.161. The topological polar surface area (TPSA) is 134 Å². The number of allylic oxidation sites excluding steroid dienone is 12. The number of esters is 2. The summed E-state index contributed by atoms with van der Waals surface area (Å²) < 4.78 is 33.2. The van der Waals surface area contributed by atoms with Crippen LogP contribution in [0.1, 0.15) is 373 Å². The van der Waals surface area contributed by atoms with E-state index in [0.29, 0.717) is 6.42 Å². The minimum Gasteiger partial charge on any atom is -0.462 e. The first-order valence-corrected chi connectivity index (χ1v) is 38.9. The van der Waals surface area contributed by atoms with Crippen LogP contribution in [-0.4, -0.2) is 49.3 Å². The SMILES string of the molecule is CC/C=C\C/C=C\C/C=C\C/C=C\C/C=C\CCCCCCCCCCCCCCCCCCCCCCCCCCCC(=O)OC(COC(=O)CCCCCCCCCCCCCCC/C=C\CCCCCCCCCC)COP(=O)(O)OCCN. The third-order valence-electron chi connectivity index (χ3n) is 16.6. The lowest BCUT2D eigenvalue weighted by Gasteiger charge is -2.19. The summed E-state index contributed by atoms with van der Waals surface area (Å²) in [4.78, 5) is 35.4. The highest BCUT2D eigenvalue weighted by molar-refractivity contribution is 7.47. The van der Waals surface area contributed by atoms with E-state index in [2.05, 4.69) is 86.8 Å². The Morgan fingerprint density at radius 3 is 0.954 bits per heavy atom. The van der Waals surface area contributed by atoms with Gasteiger partial charge in [-0.05, 0) is 83.5 Å². The molecule has 508 valence electrons. The first-order valence-electron chi connectivity index (χ1n) is 37.4. The highest BCUT2D eigenvalue weighted by Gasteiger charge is 2.26. The van der Waals surface area contributed by atoms with Crippen LogP contribution in [0.4, 0.5) is 0 Å². The predicted octanol–water partition coefficient (Wildman–Crippen LogP) is 24.8. The van der Waals surface area contributed by atoms with Crippen LogP contribution in [0.3, 0.4) is 0 Å². The molecule has 0 heterocycles. The van der Waals surface area contributed by atoms with Crippen molar-refractivity contribution in [3.05, 3.63) is 72.9 Å². The molecule has 0 amide bonds. The van der Waals surface area contributed by atoms with Crippen molar-refractivity contribution >= 4 is 19.8 Å². The van der Waals surface area contributed by atoms with E-state index in [1.165, 1.54) is 276 Å². The molecular formula is C77H142NO8P. The first-order chi connectivity index (χ1) is 42.8. The van der Waals surface area contributed by atoms with E-state index in [4.69, 9.17) is 24.3 Å². The Kier molecular flexibility index (Phi) is 70.4. The number of phosphoric acid groups is 1. The average Bonchev–Trinajstić information content (AvgIpc) is 3.65. The van der Waals surface area contributed by atoms with Crippen molar-refractivity contribution in [2.24, 2.45) is 5.73 Å². The molecule has 2 atom stereocenters. The molecule has 9 nitrogen and oxygen atoms in total. The number of ether oxygens (including phenoxy) is 2. The largest absolute Gasteiger partial charge is 0.472 e. The Bertz CT molecular complexity index is 1660. The van der Waals surface area contributed by atoms with Gasteiger partial charge < -0.3 is 20.1 Å². The van der Waals surface area contributed by atoms with Crippen molar-refractivity contribution in [2.45, 2.75) is 380 Å². The van der Waals surface area contributed by atoms with Crippen LogP contribution in [-0.2, 0) is 32.7 Å². The highest BCUT2D eigenvalue weighted by atomic mass is 31.2. The number of rotatable bonds is 71. The smallest absolute Gasteiger partial charge is 0.462 e. The quantitative estimate of drug-likeness (QED) is 0.0264. The number of unbranched alkanes of at least 4 members (excludes halogenated alkanes) is 46. The number of hydrogen-bond donors (Lipinski definition) is 2. The predicted molar refractivity (Wildman–Crippen MR) is 376 cm³/mol. The second kappa shape index (κ2) is 72.5. The van der Waals surface area contributed by atoms with E-state index in [9.17, 15) is 19.0 Å². The van der Waals surface area contributed by atoms with Crippen LogP contribution in [0.25, 0.3) is 0 Å². The molecule has 10 heteroatoms. The van der Waals surface area contributed by atoms with Crippen molar-refractivity contribution in [1.82, 2.24) is 0 Å². The third-order valence-corrected chi connectivity index (χ3v) is 17.6. The molecule has 0 aromatic rings. The average molecular weight is 1240 g/mol. The number of hydrogen-bond acceptors (Lipinski definition) is 8. The van der Waals surface area contributed by atoms with Crippen LogP contribution in [0.15, 0.2) is 72.9 Å². The van der Waals surface area contributed by atoms with Crippen LogP contribution in [0.2, 0.25) is 0 Å². The van der Waals surface area contributed by atoms with E-state index in [-0.39, 0.29) is 38.6 Å². The van der Waals surface area contributed by atoms with Gasteiger partial charge in [0.05, 0.1) is 13.2 Å². The van der Waals surface area contributed by atoms with Gasteiger partial charge >= 0.3 is 19.8 Å². The standard InChI is InChI=1S/C77H142NO8P/c1-3-5-7-9-11-13-15-17-19-21-23-25-27-29-30-31-32-33-34-35-36-37-38-39-40-41-42-43-44-46-48-50-52-54-56-58-60-62-64-66-68-70-77(80)86-75(74-85-87(81,82)84-72-71-78)73-83-76(79)69-67-65-63-61-59-57-55-53-51-49-47-45-28-26-24-22-20-18-16-14-12-10-8-6-4-2/h5,7,11,13,17,19,22-25,29-30,75H,3-4,6,8-10,12,14-16,18,20-21,26-28,31-74,78H2,1-2H3,(H,81,82)/b7-5-,13-11-,19-17-,24-22-,25-23-,30-29-. The van der Waals surface area contributed by atoms with Gasteiger partial charge in [0.25, 0.3) is 0 Å². The second-order valence-electron chi connectivity index (χ2n) is 25.1. The molecular weight excluding hydrogens is 1100 g/mol. The fourth-order valence-electron chi connectivity index (χ4n) is 11.1. The van der Waals surface area contributed by atoms with Gasteiger partial charge in [-0.2, -0.15) is 0 Å². The fraction of sp³-hybridized carbons (Fsp3) is 0.818. The van der Waals surface area contributed by atoms with Crippen molar-refractivity contribution < 1.29 is 37.6 Å². The Balaban J connectivity index is 3.77. The van der Waals surface area contributed by atoms with Gasteiger partial charge in [0, 0.05) is 19.4 Å². The molecule has 0 aliphatic rings. The maximum Gasteiger partial charge on any atom is 0.472 e. The summed E-state index contributed by atoms with van der Waals surface area (Å²) in [6.45, 7) is 3.69. The summed E-state index contributed by atoms with van der Waals surface area (Å²) in [6, 6.07) is 0. The van der Waals surface area contributed by atoms with Gasteiger partial charge in [-0.15, -0.1) is 0 Å². The molecule has 0 saturated heterocycles. The molecule has 0 bridgehead atoms. The summed E-state index contributed by atoms with van der Waals surface area (Å²) in [5.74, 6) is -0.808. The summed E-state index contributed by atoms with van der Waals surface area (Å²) in [7, 11) is -4.39. The van der Waals surface area contributed by atoms with Crippen LogP contribution >= 0.6 is 7.82 Å². The Morgan fingerprint density at radius 1 is 0.356 bits per heavy atom. The number of carbonyl (C=O) groups is 2. The van der Waals surface area contributed by atoms with Gasteiger partial charge in [0.1, 0.15) is 6.61 Å². The van der Waals surface area contributed by atoms with Crippen molar-refractivity contribution in [2.75, 3.05) is 26.4 Å². The van der Waals surface area contributed by atoms with Gasteiger partial charge in [-0.3, -0.25) is 18.6 Å². The number of carbonyl (C=O) groups excluding carboxylic acids is 2. The molecule has 0 rings (SSSR count). The molecule has 0 aliphatic heterocycles. The molecule has 2 unspecified atom stereocenters. The van der Waals surface area contributed by atoms with Gasteiger partial charge in [-0.1, -0.05) is 350 Å². The Labute approximate surface area is 539 Å². The molecule has 87 heavy (non-hydrogen) atoms. The highest BCUT2D eigenvalue weighted by Crippen LogP contribution is 2.43. The van der Waals surface area contributed by atoms with Crippen LogP contribution in [0, 0.1) is 0 Å². The van der Waals surface area contributed by atoms with E-state index in [0.717, 1.165) is 64.2 Å². The molecule has 0 aliphatic carbocycles. The molecule has 0 radical (unpaired) electrons. The normalized spacial score (nSPS) is 13.3. The monoisotopic (exact) mass is 1240 g/mol. The molecule has 0 fully saturated rings. The van der Waals surface area contributed by atoms with Gasteiger partial charge in [0.2, 0.25) is 0 Å². The Hall–Kier alpha value is -2.55. The van der Waals surface area contributed by atoms with Crippen LogP contribution < -0.4 is 5.73 Å². The Morgan fingerprint density at radius 2 is 0.632 bits per heavy atom. The summed E-state index contributed by atoms with van der Waals surface area (Å²) in [6.07, 6.45) is 96.0. The van der Waals surface area contributed by atoms with Gasteiger partial charge in [0.15, 0.2) is 6.10 Å². The second-order valence-corrected chi connectivity index (χ2v) is 26.6. The lowest BCUT2D eigenvalue weighted by Crippen LogP contribution is -2.29. The van der Waals surface area contributed by atoms with E-state index >= 15 is 0 Å². The number of nitrogens with two attached hydrogens (primary N) is 1. The van der Waals surface area contributed by atoms with Crippen molar-refractivity contribution in [3.8, 4) is 0 Å². The van der Waals surface area contributed by atoms with Gasteiger partial charge in [-0.25, -0.2) is 4.57 Å². The molecule has 0 spiro atoms. The molecule has 0 saturated carbocycles. The lowest BCUT2D eigenvalue weighted by atomic mass is 10.0. The third kappa shape index (κ3) is 72.4. The molecule has 0 aromatic heterocycles. The fourth-order valence-corrected chi connectivity index (χ4v) is 11.8. The molecule has 0 aromatic carbocycles. The summed E-state index contributed by atoms with van der Waals surface area (Å²) >= 11 is 0. The van der Waals surface area contributed by atoms with E-state index in [1.54, 1.807) is 0 Å². The molecule has 3 N–H and O–H groups in total. The van der Waals surface area contributed by atoms with E-state index in [1.807, 2.05) is 0 Å². The zero-order valence-corrected chi connectivity index (χ0v) is 58.2. The zero-order chi connectivity index (χ0) is 63.0. The summed E-state index contributed by atoms with van der Waals surface area (Å²) in [5.41, 5.74) is 5.41. The minimum atomic E-state index is -4.39. The zero-order valence-electron chi connectivity index (χ0n) is 57.3. The minimum absolute atomic E-state index is 0.0548. The van der Waals surface area contributed by atoms with E-state index < -0.39 is 26.5 Å².